The number of methoxy groups -OCH3 is 1. The molecule has 0 aromatic heterocycles. The zero-order valence-electron chi connectivity index (χ0n) is 16.2. The van der Waals surface area contributed by atoms with E-state index in [2.05, 4.69) is 15.2 Å². The number of rotatable bonds is 8. The summed E-state index contributed by atoms with van der Waals surface area (Å²) >= 11 is 0. The lowest BCUT2D eigenvalue weighted by Crippen LogP contribution is -2.14. The van der Waals surface area contributed by atoms with Gasteiger partial charge in [-0.05, 0) is 36.4 Å². The molecule has 0 amide bonds. The molecule has 3 N–H and O–H groups in total. The molecule has 0 aliphatic carbocycles. The Bertz CT molecular complexity index is 1240. The summed E-state index contributed by atoms with van der Waals surface area (Å²) < 4.78 is 32.9. The molecular formula is C20H18N4O6S. The third kappa shape index (κ3) is 5.08. The van der Waals surface area contributed by atoms with Crippen molar-refractivity contribution in [2.24, 2.45) is 5.10 Å². The highest BCUT2D eigenvalue weighted by Crippen LogP contribution is 2.30. The van der Waals surface area contributed by atoms with Crippen LogP contribution in [0.3, 0.4) is 0 Å². The number of benzene rings is 3. The Balaban J connectivity index is 1.87. The molecule has 3 rings (SSSR count). The molecule has 3 aromatic carbocycles. The predicted molar refractivity (Wildman–Crippen MR) is 116 cm³/mol. The number of phenolic OH excluding ortho intramolecular Hbond substituents is 1. The van der Waals surface area contributed by atoms with Crippen molar-refractivity contribution in [1.29, 1.82) is 0 Å². The maximum Gasteiger partial charge on any atom is 0.295 e. The van der Waals surface area contributed by atoms with Crippen LogP contribution in [0.2, 0.25) is 0 Å². The van der Waals surface area contributed by atoms with Gasteiger partial charge in [0, 0.05) is 11.6 Å². The number of hydrogen-bond acceptors (Lipinski definition) is 8. The van der Waals surface area contributed by atoms with E-state index >= 15 is 0 Å². The SMILES string of the molecule is COc1ccccc1NS(=O)(=O)c1ccc(NN=Cc2ccccc2O)c([N+](=O)[O-])c1. The Morgan fingerprint density at radius 3 is 2.48 bits per heavy atom. The van der Waals surface area contributed by atoms with Crippen LogP contribution in [0.5, 0.6) is 11.5 Å². The monoisotopic (exact) mass is 442 g/mol. The van der Waals surface area contributed by atoms with Crippen LogP contribution in [0, 0.1) is 10.1 Å². The highest BCUT2D eigenvalue weighted by Gasteiger charge is 2.22. The van der Waals surface area contributed by atoms with Gasteiger partial charge in [-0.2, -0.15) is 5.10 Å². The minimum Gasteiger partial charge on any atom is -0.507 e. The quantitative estimate of drug-likeness (QED) is 0.275. The molecule has 11 heteroatoms. The van der Waals surface area contributed by atoms with Crippen LogP contribution in [0.1, 0.15) is 5.56 Å². The minimum atomic E-state index is -4.12. The second kappa shape index (κ2) is 9.13. The molecule has 0 aliphatic rings. The second-order valence-corrected chi connectivity index (χ2v) is 7.85. The summed E-state index contributed by atoms with van der Waals surface area (Å²) in [4.78, 5) is 10.5. The molecule has 3 aromatic rings. The van der Waals surface area contributed by atoms with Gasteiger partial charge in [-0.25, -0.2) is 8.42 Å². The number of hydrazone groups is 1. The van der Waals surface area contributed by atoms with Crippen molar-refractivity contribution in [3.8, 4) is 11.5 Å². The number of nitro benzene ring substituents is 1. The maximum atomic E-state index is 12.7. The van der Waals surface area contributed by atoms with Gasteiger partial charge in [0.2, 0.25) is 0 Å². The number of nitrogens with zero attached hydrogens (tertiary/aromatic N) is 2. The molecule has 0 saturated heterocycles. The highest BCUT2D eigenvalue weighted by molar-refractivity contribution is 7.92. The number of ether oxygens (including phenoxy) is 1. The smallest absolute Gasteiger partial charge is 0.295 e. The number of sulfonamides is 1. The Hall–Kier alpha value is -4.12. The first-order valence-corrected chi connectivity index (χ1v) is 10.3. The van der Waals surface area contributed by atoms with E-state index in [1.54, 1.807) is 36.4 Å². The fourth-order valence-corrected chi connectivity index (χ4v) is 3.71. The van der Waals surface area contributed by atoms with Crippen LogP contribution in [0.15, 0.2) is 76.7 Å². The van der Waals surface area contributed by atoms with Crippen LogP contribution in [0.25, 0.3) is 0 Å². The van der Waals surface area contributed by atoms with Crippen LogP contribution in [-0.2, 0) is 10.0 Å². The molecule has 10 nitrogen and oxygen atoms in total. The molecule has 0 atom stereocenters. The third-order valence-electron chi connectivity index (χ3n) is 4.15. The standard InChI is InChI=1S/C20H18N4O6S/c1-30-20-9-5-3-7-17(20)23-31(28,29)15-10-11-16(18(12-15)24(26)27)22-21-13-14-6-2-4-8-19(14)25/h2-13,22-23,25H,1H3. The van der Waals surface area contributed by atoms with Gasteiger partial charge in [-0.3, -0.25) is 20.3 Å². The summed E-state index contributed by atoms with van der Waals surface area (Å²) in [5.74, 6) is 0.295. The number of nitrogens with one attached hydrogen (secondary N) is 2. The lowest BCUT2D eigenvalue weighted by atomic mass is 10.2. The molecule has 0 fully saturated rings. The highest BCUT2D eigenvalue weighted by atomic mass is 32.2. The molecule has 0 unspecified atom stereocenters. The van der Waals surface area contributed by atoms with Gasteiger partial charge in [0.15, 0.2) is 0 Å². The van der Waals surface area contributed by atoms with Crippen LogP contribution in [-0.4, -0.2) is 31.8 Å². The summed E-state index contributed by atoms with van der Waals surface area (Å²) in [5.41, 5.74) is 2.59. The molecule has 0 saturated carbocycles. The summed E-state index contributed by atoms with van der Waals surface area (Å²) in [7, 11) is -2.72. The maximum absolute atomic E-state index is 12.7. The van der Waals surface area contributed by atoms with Gasteiger partial charge in [-0.15, -0.1) is 0 Å². The number of hydrogen-bond donors (Lipinski definition) is 3. The van der Waals surface area contributed by atoms with E-state index in [1.807, 2.05) is 0 Å². The Labute approximate surface area is 178 Å². The van der Waals surface area contributed by atoms with Gasteiger partial charge in [0.1, 0.15) is 17.2 Å². The van der Waals surface area contributed by atoms with Gasteiger partial charge in [-0.1, -0.05) is 24.3 Å². The van der Waals surface area contributed by atoms with Crippen molar-refractivity contribution >= 4 is 33.3 Å². The summed E-state index contributed by atoms with van der Waals surface area (Å²) in [5, 5.41) is 25.1. The van der Waals surface area contributed by atoms with Crippen LogP contribution >= 0.6 is 0 Å². The lowest BCUT2D eigenvalue weighted by molar-refractivity contribution is -0.384. The van der Waals surface area contributed by atoms with Gasteiger partial charge in [0.05, 0.1) is 28.8 Å². The Morgan fingerprint density at radius 2 is 1.77 bits per heavy atom. The predicted octanol–water partition coefficient (Wildman–Crippen LogP) is 3.56. The van der Waals surface area contributed by atoms with Gasteiger partial charge >= 0.3 is 0 Å². The number of phenols is 1. The van der Waals surface area contributed by atoms with Crippen molar-refractivity contribution in [2.45, 2.75) is 4.90 Å². The first-order valence-electron chi connectivity index (χ1n) is 8.83. The van der Waals surface area contributed by atoms with Crippen LogP contribution < -0.4 is 14.9 Å². The van der Waals surface area contributed by atoms with Gasteiger partial charge < -0.3 is 9.84 Å². The summed E-state index contributed by atoms with van der Waals surface area (Å²) in [6, 6.07) is 16.2. The van der Waals surface area contributed by atoms with Crippen molar-refractivity contribution in [3.05, 3.63) is 82.4 Å². The molecule has 160 valence electrons. The zero-order valence-corrected chi connectivity index (χ0v) is 17.0. The zero-order chi connectivity index (χ0) is 22.4. The van der Waals surface area contributed by atoms with Crippen molar-refractivity contribution < 1.29 is 23.2 Å². The number of para-hydroxylation sites is 3. The van der Waals surface area contributed by atoms with E-state index in [-0.39, 0.29) is 22.0 Å². The van der Waals surface area contributed by atoms with E-state index in [9.17, 15) is 23.6 Å². The van der Waals surface area contributed by atoms with Crippen molar-refractivity contribution in [1.82, 2.24) is 0 Å². The normalized spacial score (nSPS) is 11.3. The average molecular weight is 442 g/mol. The average Bonchev–Trinajstić information content (AvgIpc) is 2.75. The number of nitro groups is 1. The Morgan fingerprint density at radius 1 is 1.06 bits per heavy atom. The van der Waals surface area contributed by atoms with Crippen LogP contribution in [0.4, 0.5) is 17.1 Å². The van der Waals surface area contributed by atoms with Crippen molar-refractivity contribution in [2.75, 3.05) is 17.3 Å². The van der Waals surface area contributed by atoms with E-state index in [4.69, 9.17) is 4.74 Å². The van der Waals surface area contributed by atoms with Crippen molar-refractivity contribution in [3.63, 3.8) is 0 Å². The number of aromatic hydroxyl groups is 1. The van der Waals surface area contributed by atoms with E-state index in [0.717, 1.165) is 6.07 Å². The first-order chi connectivity index (χ1) is 14.8. The largest absolute Gasteiger partial charge is 0.507 e. The molecule has 0 radical (unpaired) electrons. The van der Waals surface area contributed by atoms with E-state index in [1.165, 1.54) is 37.6 Å². The minimum absolute atomic E-state index is 0.00796. The number of anilines is 2. The molecule has 0 bridgehead atoms. The van der Waals surface area contributed by atoms with E-state index in [0.29, 0.717) is 11.3 Å². The Kier molecular flexibility index (Phi) is 6.36. The molecule has 31 heavy (non-hydrogen) atoms. The fraction of sp³-hybridized carbons (Fsp3) is 0.0500. The molecule has 0 spiro atoms. The molecule has 0 aliphatic heterocycles. The third-order valence-corrected chi connectivity index (χ3v) is 5.52. The summed E-state index contributed by atoms with van der Waals surface area (Å²) in [6.07, 6.45) is 1.28. The lowest BCUT2D eigenvalue weighted by Gasteiger charge is -2.12. The fourth-order valence-electron chi connectivity index (χ4n) is 2.62. The molecular weight excluding hydrogens is 424 g/mol. The topological polar surface area (TPSA) is 143 Å². The van der Waals surface area contributed by atoms with Gasteiger partial charge in [0.25, 0.3) is 15.7 Å². The summed E-state index contributed by atoms with van der Waals surface area (Å²) in [6.45, 7) is 0. The van der Waals surface area contributed by atoms with E-state index < -0.39 is 20.6 Å². The second-order valence-electron chi connectivity index (χ2n) is 6.17. The molecule has 0 heterocycles. The first kappa shape index (κ1) is 21.6.